The Kier molecular flexibility index (Phi) is 6.32. The van der Waals surface area contributed by atoms with E-state index in [9.17, 15) is 4.79 Å². The normalized spacial score (nSPS) is 10.6. The zero-order chi connectivity index (χ0) is 19.9. The number of aryl methyl sites for hydroxylation is 2. The summed E-state index contributed by atoms with van der Waals surface area (Å²) in [6.45, 7) is 4.01. The van der Waals surface area contributed by atoms with Crippen molar-refractivity contribution in [2.45, 2.75) is 26.7 Å². The van der Waals surface area contributed by atoms with Gasteiger partial charge in [-0.15, -0.1) is 0 Å². The highest BCUT2D eigenvalue weighted by Gasteiger charge is 2.12. The van der Waals surface area contributed by atoms with Crippen molar-refractivity contribution >= 4 is 5.97 Å². The Morgan fingerprint density at radius 1 is 1.14 bits per heavy atom. The highest BCUT2D eigenvalue weighted by molar-refractivity contribution is 5.68. The zero-order valence-corrected chi connectivity index (χ0v) is 16.0. The van der Waals surface area contributed by atoms with Gasteiger partial charge in [-0.1, -0.05) is 25.1 Å². The third-order valence-electron chi connectivity index (χ3n) is 4.28. The van der Waals surface area contributed by atoms with Crippen LogP contribution in [0.3, 0.4) is 0 Å². The molecular formula is C22H23NO5. The quantitative estimate of drug-likeness (QED) is 0.595. The summed E-state index contributed by atoms with van der Waals surface area (Å²) in [6, 6.07) is 15.1. The Labute approximate surface area is 163 Å². The second kappa shape index (κ2) is 9.08. The zero-order valence-electron chi connectivity index (χ0n) is 16.0. The molecule has 1 aromatic heterocycles. The van der Waals surface area contributed by atoms with Crippen LogP contribution in [-0.4, -0.2) is 29.3 Å². The average molecular weight is 381 g/mol. The number of carbonyl (C=O) groups is 1. The van der Waals surface area contributed by atoms with E-state index in [-0.39, 0.29) is 6.61 Å². The summed E-state index contributed by atoms with van der Waals surface area (Å²) in [5.74, 6) is 1.68. The molecule has 1 N–H and O–H groups in total. The first-order valence-corrected chi connectivity index (χ1v) is 9.19. The van der Waals surface area contributed by atoms with Gasteiger partial charge in [-0.2, -0.15) is 0 Å². The lowest BCUT2D eigenvalue weighted by molar-refractivity contribution is -0.139. The van der Waals surface area contributed by atoms with Crippen LogP contribution in [0.2, 0.25) is 0 Å². The summed E-state index contributed by atoms with van der Waals surface area (Å²) in [6.07, 6.45) is 1.38. The molecule has 0 spiro atoms. The molecule has 146 valence electrons. The summed E-state index contributed by atoms with van der Waals surface area (Å²) in [4.78, 5) is 15.2. The summed E-state index contributed by atoms with van der Waals surface area (Å²) < 4.78 is 16.9. The van der Waals surface area contributed by atoms with Gasteiger partial charge in [-0.3, -0.25) is 0 Å². The van der Waals surface area contributed by atoms with Crippen LogP contribution in [0.15, 0.2) is 52.9 Å². The highest BCUT2D eigenvalue weighted by atomic mass is 16.5. The van der Waals surface area contributed by atoms with E-state index < -0.39 is 5.97 Å². The topological polar surface area (TPSA) is 81.8 Å². The van der Waals surface area contributed by atoms with Crippen LogP contribution in [-0.2, 0) is 17.6 Å². The molecule has 0 aliphatic heterocycles. The lowest BCUT2D eigenvalue weighted by atomic mass is 10.1. The first-order chi connectivity index (χ1) is 13.6. The predicted molar refractivity (Wildman–Crippen MR) is 105 cm³/mol. The van der Waals surface area contributed by atoms with Crippen LogP contribution in [0.25, 0.3) is 11.5 Å². The van der Waals surface area contributed by atoms with Gasteiger partial charge < -0.3 is 19.0 Å². The molecule has 1 heterocycles. The molecule has 0 fully saturated rings. The molecule has 0 aliphatic rings. The predicted octanol–water partition coefficient (Wildman–Crippen LogP) is 4.30. The molecule has 0 saturated carbocycles. The number of carboxylic acid groups (broad SMARTS) is 1. The fourth-order valence-electron chi connectivity index (χ4n) is 2.83. The van der Waals surface area contributed by atoms with Crippen LogP contribution in [0.4, 0.5) is 0 Å². The number of oxazole rings is 1. The second-order valence-electron chi connectivity index (χ2n) is 6.29. The maximum absolute atomic E-state index is 10.6. The van der Waals surface area contributed by atoms with Gasteiger partial charge in [0.2, 0.25) is 5.89 Å². The summed E-state index contributed by atoms with van der Waals surface area (Å²) in [7, 11) is 0. The minimum atomic E-state index is -1.00. The Hall–Kier alpha value is -3.28. The number of ether oxygens (including phenoxy) is 2. The SMILES string of the molecule is CCc1cc(OCC(=O)O)ccc1OCCc1nc(-c2ccccc2)oc1C. The molecule has 2 aromatic carbocycles. The molecule has 6 nitrogen and oxygen atoms in total. The molecule has 28 heavy (non-hydrogen) atoms. The van der Waals surface area contributed by atoms with E-state index in [1.165, 1.54) is 0 Å². The number of nitrogens with zero attached hydrogens (tertiary/aromatic N) is 1. The van der Waals surface area contributed by atoms with Gasteiger partial charge in [-0.05, 0) is 49.2 Å². The van der Waals surface area contributed by atoms with E-state index in [2.05, 4.69) is 4.98 Å². The number of carboxylic acids is 1. The smallest absolute Gasteiger partial charge is 0.341 e. The van der Waals surface area contributed by atoms with Gasteiger partial charge in [0, 0.05) is 12.0 Å². The molecular weight excluding hydrogens is 358 g/mol. The van der Waals surface area contributed by atoms with E-state index in [0.717, 1.165) is 34.8 Å². The van der Waals surface area contributed by atoms with Gasteiger partial charge in [0.05, 0.1) is 12.3 Å². The van der Waals surface area contributed by atoms with Crippen molar-refractivity contribution in [2.24, 2.45) is 0 Å². The molecule has 0 atom stereocenters. The number of hydrogen-bond acceptors (Lipinski definition) is 5. The van der Waals surface area contributed by atoms with Crippen molar-refractivity contribution in [3.8, 4) is 23.0 Å². The Morgan fingerprint density at radius 3 is 2.64 bits per heavy atom. The maximum Gasteiger partial charge on any atom is 0.341 e. The molecule has 0 unspecified atom stereocenters. The third-order valence-corrected chi connectivity index (χ3v) is 4.28. The number of aromatic nitrogens is 1. The number of aliphatic carboxylic acids is 1. The molecule has 3 rings (SSSR count). The third kappa shape index (κ3) is 4.91. The first kappa shape index (κ1) is 19.5. The van der Waals surface area contributed by atoms with Crippen LogP contribution in [0.1, 0.15) is 23.9 Å². The van der Waals surface area contributed by atoms with Gasteiger partial charge in [0.25, 0.3) is 0 Å². The van der Waals surface area contributed by atoms with Crippen molar-refractivity contribution in [1.29, 1.82) is 0 Å². The van der Waals surface area contributed by atoms with Crippen LogP contribution >= 0.6 is 0 Å². The summed E-state index contributed by atoms with van der Waals surface area (Å²) >= 11 is 0. The van der Waals surface area contributed by atoms with E-state index >= 15 is 0 Å². The minimum Gasteiger partial charge on any atom is -0.493 e. The molecule has 0 amide bonds. The highest BCUT2D eigenvalue weighted by Crippen LogP contribution is 2.26. The molecule has 0 radical (unpaired) electrons. The van der Waals surface area contributed by atoms with E-state index in [4.69, 9.17) is 19.0 Å². The van der Waals surface area contributed by atoms with Gasteiger partial charge in [0.1, 0.15) is 17.3 Å². The molecule has 3 aromatic rings. The number of benzene rings is 2. The monoisotopic (exact) mass is 381 g/mol. The van der Waals surface area contributed by atoms with Gasteiger partial charge in [0.15, 0.2) is 6.61 Å². The summed E-state index contributed by atoms with van der Waals surface area (Å²) in [5, 5.41) is 8.71. The lowest BCUT2D eigenvalue weighted by Gasteiger charge is -2.12. The fourth-order valence-corrected chi connectivity index (χ4v) is 2.83. The molecule has 6 heteroatoms. The Balaban J connectivity index is 1.62. The lowest BCUT2D eigenvalue weighted by Crippen LogP contribution is -2.10. The molecule has 0 saturated heterocycles. The Morgan fingerprint density at radius 2 is 1.93 bits per heavy atom. The van der Waals surface area contributed by atoms with E-state index in [1.807, 2.05) is 50.2 Å². The molecule has 0 bridgehead atoms. The van der Waals surface area contributed by atoms with Crippen LogP contribution in [0, 0.1) is 6.92 Å². The second-order valence-corrected chi connectivity index (χ2v) is 6.29. The van der Waals surface area contributed by atoms with Crippen LogP contribution in [0.5, 0.6) is 11.5 Å². The Bertz CT molecular complexity index is 933. The maximum atomic E-state index is 10.6. The van der Waals surface area contributed by atoms with Crippen molar-refractivity contribution in [1.82, 2.24) is 4.98 Å². The van der Waals surface area contributed by atoms with E-state index in [1.54, 1.807) is 12.1 Å². The van der Waals surface area contributed by atoms with Gasteiger partial charge in [-0.25, -0.2) is 9.78 Å². The van der Waals surface area contributed by atoms with Crippen molar-refractivity contribution in [3.63, 3.8) is 0 Å². The average Bonchev–Trinajstić information content (AvgIpc) is 3.08. The largest absolute Gasteiger partial charge is 0.493 e. The number of rotatable bonds is 9. The standard InChI is InChI=1S/C22H23NO5/c1-3-16-13-18(27-14-21(24)25)9-10-20(16)26-12-11-19-15(2)28-22(23-19)17-7-5-4-6-8-17/h4-10,13H,3,11-12,14H2,1-2H3,(H,24,25). The van der Waals surface area contributed by atoms with Gasteiger partial charge >= 0.3 is 5.97 Å². The van der Waals surface area contributed by atoms with Crippen molar-refractivity contribution < 1.29 is 23.8 Å². The van der Waals surface area contributed by atoms with Crippen molar-refractivity contribution in [2.75, 3.05) is 13.2 Å². The fraction of sp³-hybridized carbons (Fsp3) is 0.273. The molecule has 0 aliphatic carbocycles. The minimum absolute atomic E-state index is 0.363. The first-order valence-electron chi connectivity index (χ1n) is 9.19. The van der Waals surface area contributed by atoms with Crippen molar-refractivity contribution in [3.05, 3.63) is 65.5 Å². The summed E-state index contributed by atoms with van der Waals surface area (Å²) in [5.41, 5.74) is 2.78. The van der Waals surface area contributed by atoms with Crippen LogP contribution < -0.4 is 9.47 Å². The van der Waals surface area contributed by atoms with E-state index in [0.29, 0.717) is 24.7 Å². The number of hydrogen-bond donors (Lipinski definition) is 1.